The number of hydrogen-bond acceptors (Lipinski definition) is 5. The maximum Gasteiger partial charge on any atom is 1.00 e. The number of carbonyl (C=O) groups is 1. The van der Waals surface area contributed by atoms with Gasteiger partial charge in [-0.25, -0.2) is 8.42 Å². The molecule has 0 atom stereocenters. The van der Waals surface area contributed by atoms with Gasteiger partial charge in [-0.3, -0.25) is 0 Å². The zero-order valence-corrected chi connectivity index (χ0v) is 19.4. The second kappa shape index (κ2) is 13.2. The van der Waals surface area contributed by atoms with Crippen molar-refractivity contribution in [2.45, 2.75) is 32.1 Å². The molecule has 6 nitrogen and oxygen atoms in total. The van der Waals surface area contributed by atoms with Crippen molar-refractivity contribution in [3.8, 4) is 5.75 Å². The Hall–Kier alpha value is -0.0200. The second-order valence-corrected chi connectivity index (χ2v) is 8.51. The fourth-order valence-corrected chi connectivity index (χ4v) is 3.60. The van der Waals surface area contributed by atoms with Crippen LogP contribution in [0.15, 0.2) is 18.2 Å². The van der Waals surface area contributed by atoms with Gasteiger partial charge in [0, 0.05) is 29.1 Å². The molecule has 0 aromatic heterocycles. The normalized spacial score (nSPS) is 11.2. The number of unbranched alkanes of at least 4 members (excludes halogenated alkanes) is 3. The summed E-state index contributed by atoms with van der Waals surface area (Å²) in [5, 5.41) is 11.2. The van der Waals surface area contributed by atoms with Crippen LogP contribution in [-0.2, 0) is 14.8 Å². The minimum absolute atomic E-state index is 0. The van der Waals surface area contributed by atoms with E-state index in [-0.39, 0.29) is 49.1 Å². The van der Waals surface area contributed by atoms with Crippen LogP contribution in [0.1, 0.15) is 32.1 Å². The van der Waals surface area contributed by atoms with Crippen LogP contribution in [0.3, 0.4) is 0 Å². The quantitative estimate of drug-likeness (QED) is 0.322. The van der Waals surface area contributed by atoms with E-state index in [1.807, 2.05) is 0 Å². The summed E-state index contributed by atoms with van der Waals surface area (Å²) in [7, 11) is -3.34. The van der Waals surface area contributed by atoms with E-state index in [0.29, 0.717) is 35.2 Å². The molecule has 142 valence electrons. The van der Waals surface area contributed by atoms with E-state index < -0.39 is 16.0 Å². The summed E-state index contributed by atoms with van der Waals surface area (Å²) in [5.41, 5.74) is 0. The molecule has 0 radical (unpaired) electrons. The largest absolute Gasteiger partial charge is 1.00 e. The van der Waals surface area contributed by atoms with E-state index in [0.717, 1.165) is 19.1 Å². The SMILES string of the molecule is CS(=O)(=O)N(CCCCCCC(=O)[O-])CCOc1cc(Cl)cc(Cl)c1.[Na+]. The van der Waals surface area contributed by atoms with Crippen molar-refractivity contribution >= 4 is 39.2 Å². The van der Waals surface area contributed by atoms with E-state index in [1.165, 1.54) is 4.31 Å². The molecule has 0 unspecified atom stereocenters. The van der Waals surface area contributed by atoms with Crippen LogP contribution in [0, 0.1) is 0 Å². The third-order valence-corrected chi connectivity index (χ3v) is 5.19. The molecule has 0 heterocycles. The maximum atomic E-state index is 11.8. The number of carboxylic acids is 1. The van der Waals surface area contributed by atoms with Gasteiger partial charge in [-0.1, -0.05) is 36.0 Å². The summed E-state index contributed by atoms with van der Waals surface area (Å²) in [5.74, 6) is -0.579. The summed E-state index contributed by atoms with van der Waals surface area (Å²) >= 11 is 11.8. The average molecular weight is 434 g/mol. The van der Waals surface area contributed by atoms with Crippen molar-refractivity contribution < 1.29 is 52.6 Å². The fraction of sp³-hybridized carbons (Fsp3) is 0.562. The Bertz CT molecular complexity index is 652. The van der Waals surface area contributed by atoms with Crippen molar-refractivity contribution in [3.05, 3.63) is 28.2 Å². The Labute approximate surface area is 187 Å². The third-order valence-electron chi connectivity index (χ3n) is 3.45. The number of nitrogens with zero attached hydrogens (tertiary/aromatic N) is 1. The third kappa shape index (κ3) is 11.6. The predicted molar refractivity (Wildman–Crippen MR) is 96.5 cm³/mol. The molecular formula is C16H22Cl2NNaO5S. The Morgan fingerprint density at radius 1 is 1.08 bits per heavy atom. The van der Waals surface area contributed by atoms with E-state index in [9.17, 15) is 18.3 Å². The van der Waals surface area contributed by atoms with Gasteiger partial charge in [0.05, 0.1) is 6.26 Å². The molecule has 0 saturated heterocycles. The first-order valence-electron chi connectivity index (χ1n) is 7.92. The Morgan fingerprint density at radius 2 is 1.65 bits per heavy atom. The standard InChI is InChI=1S/C16H23Cl2NO5S.Na/c1-25(22,23)19(7-5-3-2-4-6-16(20)21)8-9-24-15-11-13(17)10-14(18)12-15;/h10-12H,2-9H2,1H3,(H,20,21);/q;+1/p-1. The minimum Gasteiger partial charge on any atom is -0.550 e. The fourth-order valence-electron chi connectivity index (χ4n) is 2.23. The van der Waals surface area contributed by atoms with Gasteiger partial charge < -0.3 is 14.6 Å². The van der Waals surface area contributed by atoms with E-state index >= 15 is 0 Å². The number of carbonyl (C=O) groups excluding carboxylic acids is 1. The molecule has 26 heavy (non-hydrogen) atoms. The summed E-state index contributed by atoms with van der Waals surface area (Å²) in [6.07, 6.45) is 3.86. The van der Waals surface area contributed by atoms with Crippen LogP contribution in [0.4, 0.5) is 0 Å². The summed E-state index contributed by atoms with van der Waals surface area (Å²) < 4.78 is 30.5. The molecule has 0 aliphatic rings. The minimum atomic E-state index is -3.34. The molecule has 0 aliphatic heterocycles. The first-order chi connectivity index (χ1) is 11.7. The van der Waals surface area contributed by atoms with Gasteiger partial charge in [0.25, 0.3) is 0 Å². The first-order valence-corrected chi connectivity index (χ1v) is 10.5. The van der Waals surface area contributed by atoms with Crippen LogP contribution >= 0.6 is 23.2 Å². The number of hydrogen-bond donors (Lipinski definition) is 0. The molecular weight excluding hydrogens is 412 g/mol. The Balaban J connectivity index is 0.00000625. The van der Waals surface area contributed by atoms with E-state index in [2.05, 4.69) is 0 Å². The zero-order valence-electron chi connectivity index (χ0n) is 15.0. The molecule has 0 amide bonds. The first kappa shape index (κ1) is 26.0. The van der Waals surface area contributed by atoms with Crippen LogP contribution in [-0.4, -0.2) is 44.6 Å². The predicted octanol–water partition coefficient (Wildman–Crippen LogP) is -0.662. The van der Waals surface area contributed by atoms with E-state index in [4.69, 9.17) is 27.9 Å². The van der Waals surface area contributed by atoms with Crippen molar-refractivity contribution in [1.82, 2.24) is 4.31 Å². The van der Waals surface area contributed by atoms with Crippen LogP contribution in [0.25, 0.3) is 0 Å². The number of ether oxygens (including phenoxy) is 1. The smallest absolute Gasteiger partial charge is 0.550 e. The summed E-state index contributed by atoms with van der Waals surface area (Å²) in [6.45, 7) is 0.750. The van der Waals surface area contributed by atoms with Gasteiger partial charge in [-0.2, -0.15) is 4.31 Å². The van der Waals surface area contributed by atoms with Gasteiger partial charge in [0.2, 0.25) is 10.0 Å². The van der Waals surface area contributed by atoms with Crippen molar-refractivity contribution in [1.29, 1.82) is 0 Å². The Morgan fingerprint density at radius 3 is 2.19 bits per heavy atom. The van der Waals surface area contributed by atoms with Crippen molar-refractivity contribution in [3.63, 3.8) is 0 Å². The number of carboxylic acid groups (broad SMARTS) is 1. The summed E-state index contributed by atoms with van der Waals surface area (Å²) in [6, 6.07) is 4.80. The van der Waals surface area contributed by atoms with Gasteiger partial charge in [0.15, 0.2) is 0 Å². The number of benzene rings is 1. The molecule has 0 fully saturated rings. The van der Waals surface area contributed by atoms with Gasteiger partial charge in [0.1, 0.15) is 12.4 Å². The molecule has 0 N–H and O–H groups in total. The van der Waals surface area contributed by atoms with Gasteiger partial charge in [-0.05, 0) is 37.5 Å². The topological polar surface area (TPSA) is 86.7 Å². The van der Waals surface area contributed by atoms with Gasteiger partial charge in [-0.15, -0.1) is 0 Å². The van der Waals surface area contributed by atoms with Gasteiger partial charge >= 0.3 is 29.6 Å². The second-order valence-electron chi connectivity index (χ2n) is 5.65. The Kier molecular flexibility index (Phi) is 13.2. The van der Waals surface area contributed by atoms with Crippen LogP contribution in [0.2, 0.25) is 10.0 Å². The average Bonchev–Trinajstić information content (AvgIpc) is 2.46. The maximum absolute atomic E-state index is 11.8. The van der Waals surface area contributed by atoms with Crippen molar-refractivity contribution in [2.24, 2.45) is 0 Å². The molecule has 0 aliphatic carbocycles. The molecule has 0 spiro atoms. The number of rotatable bonds is 12. The number of halogens is 2. The van der Waals surface area contributed by atoms with Crippen LogP contribution in [0.5, 0.6) is 5.75 Å². The number of sulfonamides is 1. The number of aliphatic carboxylic acids is 1. The molecule has 0 bridgehead atoms. The molecule has 1 rings (SSSR count). The monoisotopic (exact) mass is 433 g/mol. The van der Waals surface area contributed by atoms with E-state index in [1.54, 1.807) is 18.2 Å². The van der Waals surface area contributed by atoms with Crippen LogP contribution < -0.4 is 39.4 Å². The molecule has 0 saturated carbocycles. The molecule has 1 aromatic carbocycles. The molecule has 1 aromatic rings. The van der Waals surface area contributed by atoms with Crippen molar-refractivity contribution in [2.75, 3.05) is 26.0 Å². The molecule has 10 heteroatoms. The summed E-state index contributed by atoms with van der Waals surface area (Å²) in [4.78, 5) is 10.3. The zero-order chi connectivity index (χ0) is 18.9.